The highest BCUT2D eigenvalue weighted by Crippen LogP contribution is 2.60. The zero-order valence-electron chi connectivity index (χ0n) is 15.4. The number of carbonyl (C=O) groups is 1. The van der Waals surface area contributed by atoms with E-state index in [0.717, 1.165) is 41.0 Å². The summed E-state index contributed by atoms with van der Waals surface area (Å²) in [7, 11) is 0. The monoisotopic (exact) mass is 353 g/mol. The second-order valence-corrected chi connectivity index (χ2v) is 8.78. The molecule has 5 nitrogen and oxygen atoms in total. The number of pyridine rings is 1. The smallest absolute Gasteiger partial charge is 0.341 e. The van der Waals surface area contributed by atoms with Gasteiger partial charge in [-0.25, -0.2) is 9.78 Å². The van der Waals surface area contributed by atoms with E-state index in [1.54, 1.807) is 6.20 Å². The molecule has 0 saturated heterocycles. The van der Waals surface area contributed by atoms with E-state index < -0.39 is 0 Å². The van der Waals surface area contributed by atoms with Gasteiger partial charge in [0.15, 0.2) is 0 Å². The zero-order valence-corrected chi connectivity index (χ0v) is 15.4. The van der Waals surface area contributed by atoms with Crippen molar-refractivity contribution in [3.63, 3.8) is 0 Å². The first kappa shape index (κ1) is 16.2. The molecule has 138 valence electrons. The maximum Gasteiger partial charge on any atom is 0.341 e. The average molecular weight is 353 g/mol. The fourth-order valence-corrected chi connectivity index (χ4v) is 6.34. The quantitative estimate of drug-likeness (QED) is 0.784. The lowest BCUT2D eigenvalue weighted by molar-refractivity contribution is -0.0444. The summed E-state index contributed by atoms with van der Waals surface area (Å²) >= 11 is 0. The van der Waals surface area contributed by atoms with Gasteiger partial charge in [-0.2, -0.15) is 0 Å². The molecule has 2 aromatic heterocycles. The molecule has 5 heteroatoms. The Labute approximate surface area is 153 Å². The maximum atomic E-state index is 12.4. The highest BCUT2D eigenvalue weighted by atomic mass is 16.5. The molecule has 0 spiro atoms. The Kier molecular flexibility index (Phi) is 3.73. The molecule has 4 aliphatic carbocycles. The highest BCUT2D eigenvalue weighted by molar-refractivity contribution is 6.04. The van der Waals surface area contributed by atoms with Crippen LogP contribution in [0.25, 0.3) is 11.0 Å². The summed E-state index contributed by atoms with van der Waals surface area (Å²) in [6, 6.07) is 1.99. The van der Waals surface area contributed by atoms with Gasteiger partial charge >= 0.3 is 5.97 Å². The van der Waals surface area contributed by atoms with Crippen LogP contribution in [0.2, 0.25) is 0 Å². The van der Waals surface area contributed by atoms with E-state index >= 15 is 0 Å². The largest absolute Gasteiger partial charge is 0.462 e. The molecule has 0 atom stereocenters. The van der Waals surface area contributed by atoms with Crippen LogP contribution in [0.3, 0.4) is 0 Å². The van der Waals surface area contributed by atoms with E-state index in [4.69, 9.17) is 4.74 Å². The van der Waals surface area contributed by atoms with Crippen LogP contribution in [0.1, 0.15) is 55.8 Å². The van der Waals surface area contributed by atoms with Crippen molar-refractivity contribution in [1.82, 2.24) is 9.97 Å². The summed E-state index contributed by atoms with van der Waals surface area (Å²) in [6.45, 7) is 3.16. The summed E-state index contributed by atoms with van der Waals surface area (Å²) in [6.07, 6.45) is 11.9. The SMILES string of the molecule is CCOC(=O)c1cnc2[nH]ccc2c1NCC12CC3CC(CC(C3)C1)C2. The molecule has 0 aromatic carbocycles. The second kappa shape index (κ2) is 6.00. The number of nitrogens with zero attached hydrogens (tertiary/aromatic N) is 1. The van der Waals surface area contributed by atoms with E-state index in [1.165, 1.54) is 38.5 Å². The van der Waals surface area contributed by atoms with Gasteiger partial charge in [-0.05, 0) is 74.7 Å². The number of hydrogen-bond acceptors (Lipinski definition) is 4. The predicted octanol–water partition coefficient (Wildman–Crippen LogP) is 4.37. The van der Waals surface area contributed by atoms with E-state index in [-0.39, 0.29) is 5.97 Å². The number of ether oxygens (including phenoxy) is 1. The number of aromatic nitrogens is 2. The van der Waals surface area contributed by atoms with Crippen LogP contribution in [0.15, 0.2) is 18.5 Å². The Bertz CT molecular complexity index is 806. The van der Waals surface area contributed by atoms with Crippen LogP contribution >= 0.6 is 0 Å². The van der Waals surface area contributed by atoms with E-state index in [9.17, 15) is 4.79 Å². The van der Waals surface area contributed by atoms with Crippen molar-refractivity contribution in [2.24, 2.45) is 23.2 Å². The van der Waals surface area contributed by atoms with Crippen LogP contribution in [0.4, 0.5) is 5.69 Å². The molecule has 4 bridgehead atoms. The van der Waals surface area contributed by atoms with Crippen molar-refractivity contribution < 1.29 is 9.53 Å². The lowest BCUT2D eigenvalue weighted by Crippen LogP contribution is -2.49. The summed E-state index contributed by atoms with van der Waals surface area (Å²) in [5.41, 5.74) is 2.65. The number of carbonyl (C=O) groups excluding carboxylic acids is 1. The third-order valence-corrected chi connectivity index (χ3v) is 6.89. The summed E-state index contributed by atoms with van der Waals surface area (Å²) in [4.78, 5) is 20.0. The Morgan fingerprint density at radius 2 is 1.96 bits per heavy atom. The fourth-order valence-electron chi connectivity index (χ4n) is 6.34. The number of anilines is 1. The first-order valence-electron chi connectivity index (χ1n) is 10.0. The number of H-pyrrole nitrogens is 1. The molecule has 2 heterocycles. The van der Waals surface area contributed by atoms with E-state index in [1.807, 2.05) is 19.2 Å². The lowest BCUT2D eigenvalue weighted by Gasteiger charge is -2.57. The molecule has 4 aliphatic rings. The molecule has 26 heavy (non-hydrogen) atoms. The van der Waals surface area contributed by atoms with Gasteiger partial charge in [0, 0.05) is 24.3 Å². The van der Waals surface area contributed by atoms with Crippen molar-refractivity contribution in [2.75, 3.05) is 18.5 Å². The molecular weight excluding hydrogens is 326 g/mol. The molecule has 4 saturated carbocycles. The normalized spacial score (nSPS) is 32.1. The van der Waals surface area contributed by atoms with Gasteiger partial charge in [-0.15, -0.1) is 0 Å². The second-order valence-electron chi connectivity index (χ2n) is 8.78. The van der Waals surface area contributed by atoms with Gasteiger partial charge in [0.2, 0.25) is 0 Å². The minimum absolute atomic E-state index is 0.295. The summed E-state index contributed by atoms with van der Waals surface area (Å²) < 4.78 is 5.26. The third kappa shape index (κ3) is 2.60. The number of rotatable bonds is 5. The maximum absolute atomic E-state index is 12.4. The molecular formula is C21H27N3O2. The average Bonchev–Trinajstić information content (AvgIpc) is 3.07. The van der Waals surface area contributed by atoms with Gasteiger partial charge in [0.25, 0.3) is 0 Å². The zero-order chi connectivity index (χ0) is 17.7. The summed E-state index contributed by atoms with van der Waals surface area (Å²) in [5, 5.41) is 4.65. The Balaban J connectivity index is 1.44. The molecule has 0 aliphatic heterocycles. The van der Waals surface area contributed by atoms with E-state index in [2.05, 4.69) is 15.3 Å². The molecule has 0 radical (unpaired) electrons. The topological polar surface area (TPSA) is 67.0 Å². The van der Waals surface area contributed by atoms with Gasteiger partial charge in [0.05, 0.1) is 12.3 Å². The van der Waals surface area contributed by atoms with Crippen LogP contribution in [-0.2, 0) is 4.74 Å². The molecule has 0 unspecified atom stereocenters. The standard InChI is InChI=1S/C21H27N3O2/c1-2-26-20(25)17-11-23-19-16(3-4-22-19)18(17)24-12-21-8-13-5-14(9-21)7-15(6-13)10-21/h3-4,11,13-15H,2,5-10,12H2,1H3,(H2,22,23,24). The van der Waals surface area contributed by atoms with Crippen LogP contribution < -0.4 is 5.32 Å². The van der Waals surface area contributed by atoms with Gasteiger partial charge < -0.3 is 15.0 Å². The predicted molar refractivity (Wildman–Crippen MR) is 101 cm³/mol. The van der Waals surface area contributed by atoms with Gasteiger partial charge in [0.1, 0.15) is 11.2 Å². The molecule has 0 amide bonds. The van der Waals surface area contributed by atoms with Crippen molar-refractivity contribution in [2.45, 2.75) is 45.4 Å². The molecule has 6 rings (SSSR count). The molecule has 4 fully saturated rings. The van der Waals surface area contributed by atoms with Gasteiger partial charge in [-0.3, -0.25) is 0 Å². The number of fused-ring (bicyclic) bond motifs is 1. The van der Waals surface area contributed by atoms with Crippen LogP contribution in [0, 0.1) is 23.2 Å². The van der Waals surface area contributed by atoms with Crippen molar-refractivity contribution in [3.8, 4) is 0 Å². The van der Waals surface area contributed by atoms with Crippen molar-refractivity contribution in [3.05, 3.63) is 24.0 Å². The third-order valence-electron chi connectivity index (χ3n) is 6.89. The van der Waals surface area contributed by atoms with E-state index in [0.29, 0.717) is 17.6 Å². The summed E-state index contributed by atoms with van der Waals surface area (Å²) in [5.74, 6) is 2.49. The van der Waals surface area contributed by atoms with Crippen molar-refractivity contribution in [1.29, 1.82) is 0 Å². The lowest BCUT2D eigenvalue weighted by atomic mass is 9.49. The Morgan fingerprint density at radius 1 is 1.27 bits per heavy atom. The molecule has 2 N–H and O–H groups in total. The number of esters is 1. The first-order valence-corrected chi connectivity index (χ1v) is 10.0. The van der Waals surface area contributed by atoms with Gasteiger partial charge in [-0.1, -0.05) is 0 Å². The van der Waals surface area contributed by atoms with Crippen LogP contribution in [0.5, 0.6) is 0 Å². The minimum Gasteiger partial charge on any atom is -0.462 e. The number of nitrogens with one attached hydrogen (secondary N) is 2. The van der Waals surface area contributed by atoms with Crippen molar-refractivity contribution >= 4 is 22.7 Å². The fraction of sp³-hybridized carbons (Fsp3) is 0.619. The molecule has 2 aromatic rings. The Morgan fingerprint density at radius 3 is 2.62 bits per heavy atom. The van der Waals surface area contributed by atoms with Crippen LogP contribution in [-0.4, -0.2) is 29.1 Å². The Hall–Kier alpha value is -2.04. The minimum atomic E-state index is -0.295. The highest BCUT2D eigenvalue weighted by Gasteiger charge is 2.50. The number of hydrogen-bond donors (Lipinski definition) is 2. The number of aromatic amines is 1. The first-order chi connectivity index (χ1) is 12.7.